The van der Waals surface area contributed by atoms with Crippen LogP contribution in [0.5, 0.6) is 0 Å². The van der Waals surface area contributed by atoms with Gasteiger partial charge in [0, 0.05) is 5.69 Å². The number of nitrogens with zero attached hydrogens (tertiary/aromatic N) is 2. The fourth-order valence-corrected chi connectivity index (χ4v) is 1.00. The van der Waals surface area contributed by atoms with Crippen molar-refractivity contribution in [3.63, 3.8) is 0 Å². The molecular weight excluding hydrogens is 126 g/mol. The minimum absolute atomic E-state index is 0.979. The third kappa shape index (κ3) is 0.673. The highest BCUT2D eigenvalue weighted by Gasteiger charge is 1.94. The van der Waals surface area contributed by atoms with Crippen LogP contribution in [0, 0.1) is 6.92 Å². The summed E-state index contributed by atoms with van der Waals surface area (Å²) in [5.74, 6) is 0. The summed E-state index contributed by atoms with van der Waals surface area (Å²) in [4.78, 5) is 11.1. The van der Waals surface area contributed by atoms with E-state index in [2.05, 4.69) is 15.0 Å². The van der Waals surface area contributed by atoms with Crippen molar-refractivity contribution in [3.8, 4) is 0 Å². The minimum atomic E-state index is 0.979. The lowest BCUT2D eigenvalue weighted by molar-refractivity contribution is 1.21. The summed E-state index contributed by atoms with van der Waals surface area (Å²) >= 11 is 0. The summed E-state index contributed by atoms with van der Waals surface area (Å²) in [6.07, 6.45) is 3.32. The molecule has 1 N–H and O–H groups in total. The third-order valence-corrected chi connectivity index (χ3v) is 1.43. The molecule has 0 fully saturated rings. The Bertz CT molecular complexity index is 317. The van der Waals surface area contributed by atoms with Crippen LogP contribution in [-0.2, 0) is 0 Å². The fourth-order valence-electron chi connectivity index (χ4n) is 1.00. The topological polar surface area (TPSA) is 41.6 Å². The van der Waals surface area contributed by atoms with Gasteiger partial charge in [-0.15, -0.1) is 0 Å². The van der Waals surface area contributed by atoms with Gasteiger partial charge in [0.25, 0.3) is 0 Å². The van der Waals surface area contributed by atoms with Crippen LogP contribution in [0.2, 0.25) is 0 Å². The normalized spacial score (nSPS) is 10.5. The number of hydrogen-bond donors (Lipinski definition) is 1. The van der Waals surface area contributed by atoms with Gasteiger partial charge in [-0.2, -0.15) is 0 Å². The molecule has 0 amide bonds. The third-order valence-electron chi connectivity index (χ3n) is 1.43. The summed E-state index contributed by atoms with van der Waals surface area (Å²) in [7, 11) is 0. The van der Waals surface area contributed by atoms with Crippen LogP contribution in [0.15, 0.2) is 18.6 Å². The Morgan fingerprint density at radius 3 is 3.20 bits per heavy atom. The zero-order valence-electron chi connectivity index (χ0n) is 5.63. The number of hydrogen-bond acceptors (Lipinski definition) is 2. The first-order chi connectivity index (χ1) is 4.86. The highest BCUT2D eigenvalue weighted by atomic mass is 14.9. The quantitative estimate of drug-likeness (QED) is 0.588. The van der Waals surface area contributed by atoms with Gasteiger partial charge in [-0.05, 0) is 13.0 Å². The Morgan fingerprint density at radius 2 is 2.40 bits per heavy atom. The molecule has 2 rings (SSSR count). The molecule has 0 radical (unpaired) electrons. The highest BCUT2D eigenvalue weighted by molar-refractivity contribution is 5.74. The molecule has 10 heavy (non-hydrogen) atoms. The molecule has 0 unspecified atom stereocenters. The van der Waals surface area contributed by atoms with Gasteiger partial charge in [-0.25, -0.2) is 9.97 Å². The molecule has 3 heteroatoms. The number of aromatic amines is 1. The predicted octanol–water partition coefficient (Wildman–Crippen LogP) is 1.27. The van der Waals surface area contributed by atoms with E-state index in [0.29, 0.717) is 0 Å². The lowest BCUT2D eigenvalue weighted by Gasteiger charge is -1.82. The van der Waals surface area contributed by atoms with Gasteiger partial charge in [0.2, 0.25) is 0 Å². The van der Waals surface area contributed by atoms with Crippen molar-refractivity contribution in [2.75, 3.05) is 0 Å². The lowest BCUT2D eigenvalue weighted by Crippen LogP contribution is -1.74. The first-order valence-corrected chi connectivity index (χ1v) is 3.11. The van der Waals surface area contributed by atoms with Crippen LogP contribution < -0.4 is 0 Å². The molecule has 0 saturated carbocycles. The highest BCUT2D eigenvalue weighted by Crippen LogP contribution is 2.08. The molecule has 2 heterocycles. The van der Waals surface area contributed by atoms with Crippen molar-refractivity contribution in [1.29, 1.82) is 0 Å². The van der Waals surface area contributed by atoms with Crippen molar-refractivity contribution < 1.29 is 0 Å². The fraction of sp³-hybridized carbons (Fsp3) is 0.143. The van der Waals surface area contributed by atoms with Gasteiger partial charge in [0.05, 0.1) is 17.2 Å². The van der Waals surface area contributed by atoms with Crippen LogP contribution >= 0.6 is 0 Å². The first-order valence-electron chi connectivity index (χ1n) is 3.11. The number of H-pyrrole nitrogens is 1. The van der Waals surface area contributed by atoms with Crippen molar-refractivity contribution in [3.05, 3.63) is 24.3 Å². The summed E-state index contributed by atoms with van der Waals surface area (Å²) in [5, 5.41) is 0. The van der Waals surface area contributed by atoms with E-state index in [1.165, 1.54) is 0 Å². The molecule has 0 aliphatic rings. The number of rotatable bonds is 0. The van der Waals surface area contributed by atoms with E-state index in [9.17, 15) is 0 Å². The molecule has 50 valence electrons. The first kappa shape index (κ1) is 5.41. The molecule has 2 aromatic heterocycles. The van der Waals surface area contributed by atoms with E-state index in [1.807, 2.05) is 13.0 Å². The number of aromatic nitrogens is 3. The maximum absolute atomic E-state index is 4.06. The average Bonchev–Trinajstić information content (AvgIpc) is 2.27. The molecule has 0 bridgehead atoms. The van der Waals surface area contributed by atoms with Crippen LogP contribution in [-0.4, -0.2) is 15.0 Å². The van der Waals surface area contributed by atoms with Crippen molar-refractivity contribution in [2.45, 2.75) is 6.92 Å². The second-order valence-electron chi connectivity index (χ2n) is 2.27. The second-order valence-corrected chi connectivity index (χ2v) is 2.27. The maximum atomic E-state index is 4.06. The lowest BCUT2D eigenvalue weighted by atomic mass is 10.4. The Kier molecular flexibility index (Phi) is 0.974. The minimum Gasteiger partial charge on any atom is -0.356 e. The number of nitrogens with one attached hydrogen (secondary N) is 1. The summed E-state index contributed by atoms with van der Waals surface area (Å²) in [6.45, 7) is 2.00. The molecule has 0 aliphatic carbocycles. The molecule has 3 nitrogen and oxygen atoms in total. The van der Waals surface area contributed by atoms with Crippen molar-refractivity contribution in [2.24, 2.45) is 0 Å². The van der Waals surface area contributed by atoms with Crippen LogP contribution in [0.25, 0.3) is 11.0 Å². The maximum Gasteiger partial charge on any atom is 0.116 e. The summed E-state index contributed by atoms with van der Waals surface area (Å²) < 4.78 is 0. The van der Waals surface area contributed by atoms with Crippen molar-refractivity contribution in [1.82, 2.24) is 15.0 Å². The van der Waals surface area contributed by atoms with Gasteiger partial charge in [0.15, 0.2) is 0 Å². The van der Waals surface area contributed by atoms with E-state index in [1.54, 1.807) is 12.5 Å². The van der Waals surface area contributed by atoms with E-state index < -0.39 is 0 Å². The monoisotopic (exact) mass is 133 g/mol. The van der Waals surface area contributed by atoms with Gasteiger partial charge in [-0.1, -0.05) is 0 Å². The van der Waals surface area contributed by atoms with E-state index in [0.717, 1.165) is 16.7 Å². The largest absolute Gasteiger partial charge is 0.356 e. The Labute approximate surface area is 58.1 Å². The predicted molar refractivity (Wildman–Crippen MR) is 38.6 cm³/mol. The van der Waals surface area contributed by atoms with E-state index in [4.69, 9.17) is 0 Å². The molecule has 0 aromatic carbocycles. The van der Waals surface area contributed by atoms with Gasteiger partial charge < -0.3 is 4.98 Å². The van der Waals surface area contributed by atoms with Gasteiger partial charge >= 0.3 is 0 Å². The molecule has 0 spiro atoms. The standard InChI is InChI=1S/C7H7N3/c1-5-2-6-7(10-5)3-8-4-9-6/h2-4,10H,1H3. The second kappa shape index (κ2) is 1.80. The van der Waals surface area contributed by atoms with Crippen LogP contribution in [0.4, 0.5) is 0 Å². The zero-order valence-corrected chi connectivity index (χ0v) is 5.63. The Hall–Kier alpha value is -1.38. The van der Waals surface area contributed by atoms with E-state index in [-0.39, 0.29) is 0 Å². The average molecular weight is 133 g/mol. The zero-order chi connectivity index (χ0) is 6.97. The molecular formula is C7H7N3. The molecule has 0 atom stereocenters. The SMILES string of the molecule is Cc1cc2ncncc2[nH]1. The Balaban J connectivity index is 2.88. The molecule has 2 aromatic rings. The van der Waals surface area contributed by atoms with Crippen molar-refractivity contribution >= 4 is 11.0 Å². The molecule has 0 aliphatic heterocycles. The smallest absolute Gasteiger partial charge is 0.116 e. The summed E-state index contributed by atoms with van der Waals surface area (Å²) in [5.41, 5.74) is 3.10. The van der Waals surface area contributed by atoms with Gasteiger partial charge in [0.1, 0.15) is 6.33 Å². The summed E-state index contributed by atoms with van der Waals surface area (Å²) in [6, 6.07) is 2.00. The number of aryl methyl sites for hydroxylation is 1. The Morgan fingerprint density at radius 1 is 1.50 bits per heavy atom. The number of fused-ring (bicyclic) bond motifs is 1. The van der Waals surface area contributed by atoms with Crippen LogP contribution in [0.3, 0.4) is 0 Å². The van der Waals surface area contributed by atoms with E-state index >= 15 is 0 Å². The molecule has 0 saturated heterocycles. The van der Waals surface area contributed by atoms with Crippen LogP contribution in [0.1, 0.15) is 5.69 Å². The van der Waals surface area contributed by atoms with Gasteiger partial charge in [-0.3, -0.25) is 0 Å².